The van der Waals surface area contributed by atoms with Gasteiger partial charge >= 0.3 is 0 Å². The highest BCUT2D eigenvalue weighted by Gasteiger charge is 2.29. The molecule has 1 aromatic heterocycles. The number of rotatable bonds is 6. The molecule has 1 N–H and O–H groups in total. The normalized spacial score (nSPS) is 23.5. The number of ether oxygens (including phenoxy) is 2. The lowest BCUT2D eigenvalue weighted by molar-refractivity contribution is 0.0313. The zero-order valence-electron chi connectivity index (χ0n) is 11.5. The minimum atomic E-state index is -0.0497. The molecule has 1 atom stereocenters. The number of imidazole rings is 1. The zero-order valence-corrected chi connectivity index (χ0v) is 11.5. The first-order chi connectivity index (χ1) is 8.63. The predicted octanol–water partition coefficient (Wildman–Crippen LogP) is 1.82. The van der Waals surface area contributed by atoms with Gasteiger partial charge in [-0.2, -0.15) is 0 Å². The van der Waals surface area contributed by atoms with Crippen molar-refractivity contribution in [2.45, 2.75) is 38.8 Å². The van der Waals surface area contributed by atoms with Gasteiger partial charge in [-0.3, -0.25) is 0 Å². The lowest BCUT2D eigenvalue weighted by Crippen LogP contribution is -2.33. The molecule has 0 aromatic carbocycles. The molecule has 1 aliphatic rings. The van der Waals surface area contributed by atoms with Gasteiger partial charge in [0.2, 0.25) is 5.95 Å². The standard InChI is InChI=1S/C13H23N3O2/c1-11-9-16(6-8-17-3)12(15-11)14-10-13(2)5-4-7-18-13/h9H,4-8,10H2,1-3H3,(H,14,15). The SMILES string of the molecule is COCCn1cc(C)nc1NCC1(C)CCCO1. The summed E-state index contributed by atoms with van der Waals surface area (Å²) in [5.74, 6) is 0.904. The second-order valence-corrected chi connectivity index (χ2v) is 5.15. The van der Waals surface area contributed by atoms with Gasteiger partial charge in [0.05, 0.1) is 17.9 Å². The van der Waals surface area contributed by atoms with Crippen molar-refractivity contribution in [1.82, 2.24) is 9.55 Å². The van der Waals surface area contributed by atoms with Crippen molar-refractivity contribution in [2.75, 3.05) is 32.2 Å². The van der Waals surface area contributed by atoms with E-state index < -0.39 is 0 Å². The Morgan fingerprint density at radius 2 is 2.44 bits per heavy atom. The Bertz CT molecular complexity index is 384. The smallest absolute Gasteiger partial charge is 0.203 e. The van der Waals surface area contributed by atoms with E-state index in [4.69, 9.17) is 9.47 Å². The largest absolute Gasteiger partial charge is 0.383 e. The summed E-state index contributed by atoms with van der Waals surface area (Å²) in [5, 5.41) is 3.40. The second-order valence-electron chi connectivity index (χ2n) is 5.15. The molecule has 5 heteroatoms. The molecule has 1 saturated heterocycles. The summed E-state index contributed by atoms with van der Waals surface area (Å²) in [4.78, 5) is 4.50. The van der Waals surface area contributed by atoms with E-state index in [9.17, 15) is 0 Å². The number of methoxy groups -OCH3 is 1. The van der Waals surface area contributed by atoms with E-state index >= 15 is 0 Å². The molecular weight excluding hydrogens is 230 g/mol. The summed E-state index contributed by atoms with van der Waals surface area (Å²) >= 11 is 0. The van der Waals surface area contributed by atoms with Gasteiger partial charge < -0.3 is 19.4 Å². The Morgan fingerprint density at radius 1 is 1.61 bits per heavy atom. The van der Waals surface area contributed by atoms with Crippen LogP contribution in [-0.2, 0) is 16.0 Å². The van der Waals surface area contributed by atoms with Gasteiger partial charge in [0.15, 0.2) is 0 Å². The van der Waals surface area contributed by atoms with Crippen LogP contribution in [0.5, 0.6) is 0 Å². The maximum absolute atomic E-state index is 5.77. The average Bonchev–Trinajstić information content (AvgIpc) is 2.91. The van der Waals surface area contributed by atoms with Crippen LogP contribution in [0.3, 0.4) is 0 Å². The third-order valence-electron chi connectivity index (χ3n) is 3.35. The topological polar surface area (TPSA) is 48.3 Å². The molecule has 102 valence electrons. The van der Waals surface area contributed by atoms with Crippen molar-refractivity contribution in [3.63, 3.8) is 0 Å². The molecule has 1 aliphatic heterocycles. The minimum absolute atomic E-state index is 0.0497. The third-order valence-corrected chi connectivity index (χ3v) is 3.35. The first-order valence-corrected chi connectivity index (χ1v) is 6.53. The fourth-order valence-electron chi connectivity index (χ4n) is 2.29. The number of nitrogens with zero attached hydrogens (tertiary/aromatic N) is 2. The van der Waals surface area contributed by atoms with Crippen molar-refractivity contribution in [3.8, 4) is 0 Å². The minimum Gasteiger partial charge on any atom is -0.383 e. The van der Waals surface area contributed by atoms with Crippen molar-refractivity contribution < 1.29 is 9.47 Å². The highest BCUT2D eigenvalue weighted by atomic mass is 16.5. The van der Waals surface area contributed by atoms with Gasteiger partial charge in [0.25, 0.3) is 0 Å². The van der Waals surface area contributed by atoms with Gasteiger partial charge in [-0.05, 0) is 26.7 Å². The quantitative estimate of drug-likeness (QED) is 0.840. The first kappa shape index (κ1) is 13.4. The molecule has 1 fully saturated rings. The van der Waals surface area contributed by atoms with Gasteiger partial charge in [0, 0.05) is 33.0 Å². The van der Waals surface area contributed by atoms with Crippen LogP contribution >= 0.6 is 0 Å². The van der Waals surface area contributed by atoms with Gasteiger partial charge in [-0.15, -0.1) is 0 Å². The fourth-order valence-corrected chi connectivity index (χ4v) is 2.29. The summed E-state index contributed by atoms with van der Waals surface area (Å²) in [6.45, 7) is 7.34. The van der Waals surface area contributed by atoms with E-state index in [0.717, 1.165) is 44.2 Å². The van der Waals surface area contributed by atoms with Gasteiger partial charge in [-0.1, -0.05) is 0 Å². The highest BCUT2D eigenvalue weighted by Crippen LogP contribution is 2.25. The monoisotopic (exact) mass is 253 g/mol. The molecule has 0 saturated carbocycles. The average molecular weight is 253 g/mol. The van der Waals surface area contributed by atoms with Crippen LogP contribution in [0.4, 0.5) is 5.95 Å². The van der Waals surface area contributed by atoms with Crippen LogP contribution in [0.25, 0.3) is 0 Å². The molecule has 0 bridgehead atoms. The van der Waals surface area contributed by atoms with Crippen molar-refractivity contribution in [2.24, 2.45) is 0 Å². The van der Waals surface area contributed by atoms with Crippen LogP contribution < -0.4 is 5.32 Å². The molecule has 0 spiro atoms. The molecule has 1 unspecified atom stereocenters. The number of nitrogens with one attached hydrogen (secondary N) is 1. The Hall–Kier alpha value is -1.07. The third kappa shape index (κ3) is 3.23. The maximum atomic E-state index is 5.77. The summed E-state index contributed by atoms with van der Waals surface area (Å²) in [6, 6.07) is 0. The molecule has 0 aliphatic carbocycles. The van der Waals surface area contributed by atoms with Crippen LogP contribution in [-0.4, -0.2) is 42.0 Å². The highest BCUT2D eigenvalue weighted by molar-refractivity contribution is 5.29. The molecular formula is C13H23N3O2. The van der Waals surface area contributed by atoms with Crippen LogP contribution in [0.15, 0.2) is 6.20 Å². The summed E-state index contributed by atoms with van der Waals surface area (Å²) in [6.07, 6.45) is 4.30. The molecule has 18 heavy (non-hydrogen) atoms. The molecule has 2 rings (SSSR count). The first-order valence-electron chi connectivity index (χ1n) is 6.53. The molecule has 5 nitrogen and oxygen atoms in total. The van der Waals surface area contributed by atoms with E-state index in [1.54, 1.807) is 7.11 Å². The van der Waals surface area contributed by atoms with E-state index in [-0.39, 0.29) is 5.60 Å². The Morgan fingerprint density at radius 3 is 3.11 bits per heavy atom. The Labute approximate surface area is 108 Å². The van der Waals surface area contributed by atoms with Gasteiger partial charge in [0.1, 0.15) is 0 Å². The molecule has 0 radical (unpaired) electrons. The van der Waals surface area contributed by atoms with Crippen LogP contribution in [0, 0.1) is 6.92 Å². The van der Waals surface area contributed by atoms with Crippen LogP contribution in [0.2, 0.25) is 0 Å². The maximum Gasteiger partial charge on any atom is 0.203 e. The van der Waals surface area contributed by atoms with E-state index in [1.165, 1.54) is 0 Å². The van der Waals surface area contributed by atoms with E-state index in [0.29, 0.717) is 6.61 Å². The van der Waals surface area contributed by atoms with Crippen molar-refractivity contribution in [1.29, 1.82) is 0 Å². The van der Waals surface area contributed by atoms with E-state index in [2.05, 4.69) is 21.8 Å². The number of aryl methyl sites for hydroxylation is 1. The zero-order chi connectivity index (χ0) is 13.0. The summed E-state index contributed by atoms with van der Waals surface area (Å²) < 4.78 is 13.0. The van der Waals surface area contributed by atoms with Crippen molar-refractivity contribution in [3.05, 3.63) is 11.9 Å². The lowest BCUT2D eigenvalue weighted by Gasteiger charge is -2.23. The fraction of sp³-hybridized carbons (Fsp3) is 0.769. The second kappa shape index (κ2) is 5.71. The van der Waals surface area contributed by atoms with Gasteiger partial charge in [-0.25, -0.2) is 4.98 Å². The molecule has 0 amide bonds. The predicted molar refractivity (Wildman–Crippen MR) is 70.9 cm³/mol. The summed E-state index contributed by atoms with van der Waals surface area (Å²) in [7, 11) is 1.71. The number of anilines is 1. The molecule has 2 heterocycles. The number of aromatic nitrogens is 2. The van der Waals surface area contributed by atoms with Crippen LogP contribution in [0.1, 0.15) is 25.5 Å². The summed E-state index contributed by atoms with van der Waals surface area (Å²) in [5.41, 5.74) is 0.970. The number of hydrogen-bond acceptors (Lipinski definition) is 4. The Kier molecular flexibility index (Phi) is 4.24. The molecule has 1 aromatic rings. The Balaban J connectivity index is 1.95. The van der Waals surface area contributed by atoms with Crippen molar-refractivity contribution >= 4 is 5.95 Å². The number of hydrogen-bond donors (Lipinski definition) is 1. The van der Waals surface area contributed by atoms with E-state index in [1.807, 2.05) is 13.1 Å². The lowest BCUT2D eigenvalue weighted by atomic mass is 10.0.